The van der Waals surface area contributed by atoms with Gasteiger partial charge in [0.1, 0.15) is 0 Å². The van der Waals surface area contributed by atoms with Crippen molar-refractivity contribution in [2.24, 2.45) is 0 Å². The number of β-amino-alcohol motifs (C(OH)–C–C–N with tert-alkyl or cyclic N) is 1. The normalized spacial score (nSPS) is 13.1. The molecule has 0 bridgehead atoms. The first-order valence-corrected chi connectivity index (χ1v) is 5.24. The van der Waals surface area contributed by atoms with Crippen LogP contribution in [-0.4, -0.2) is 22.2 Å². The molecule has 92 valence electrons. The molecular formula is C12H22N2OS. The second-order valence-electron chi connectivity index (χ2n) is 4.88. The highest BCUT2D eigenvalue weighted by atomic mass is 32.1. The second-order valence-corrected chi connectivity index (χ2v) is 4.88. The van der Waals surface area contributed by atoms with Crippen LogP contribution in [0.15, 0.2) is 18.3 Å². The number of nitrogens with zero attached hydrogens (tertiary/aromatic N) is 1. The minimum Gasteiger partial charge on any atom is -0.387 e. The summed E-state index contributed by atoms with van der Waals surface area (Å²) in [5.74, 6) is 0. The van der Waals surface area contributed by atoms with Crippen LogP contribution in [0.4, 0.5) is 0 Å². The van der Waals surface area contributed by atoms with Crippen molar-refractivity contribution in [3.63, 3.8) is 0 Å². The molecule has 1 aromatic rings. The highest BCUT2D eigenvalue weighted by molar-refractivity contribution is 7.59. The van der Waals surface area contributed by atoms with Gasteiger partial charge in [0.05, 0.1) is 6.10 Å². The first kappa shape index (κ1) is 15.4. The van der Waals surface area contributed by atoms with Gasteiger partial charge in [0.2, 0.25) is 0 Å². The molecule has 1 heterocycles. The number of pyridine rings is 1. The smallest absolute Gasteiger partial charge is 0.0915 e. The number of aliphatic hydroxyl groups is 1. The predicted octanol–water partition coefficient (Wildman–Crippen LogP) is 1.92. The van der Waals surface area contributed by atoms with E-state index in [9.17, 15) is 5.11 Å². The Kier molecular flexibility index (Phi) is 6.00. The monoisotopic (exact) mass is 242 g/mol. The van der Waals surface area contributed by atoms with Crippen molar-refractivity contribution in [2.45, 2.75) is 39.3 Å². The molecule has 0 aliphatic rings. The van der Waals surface area contributed by atoms with Gasteiger partial charge in [-0.05, 0) is 45.4 Å². The number of hydrogen-bond donors (Lipinski definition) is 2. The highest BCUT2D eigenvalue weighted by Gasteiger charge is 2.13. The van der Waals surface area contributed by atoms with E-state index in [1.54, 1.807) is 6.20 Å². The van der Waals surface area contributed by atoms with Crippen LogP contribution >= 0.6 is 13.5 Å². The standard InChI is InChI=1S/C12H20N2O.H2S/c1-9-7-10(5-6-13-9)11(15)8-14-12(2,3)4;/h5-7,11,14-15H,8H2,1-4H3;1H2/t11-;/m1./s1. The molecule has 2 N–H and O–H groups in total. The van der Waals surface area contributed by atoms with E-state index in [0.29, 0.717) is 6.54 Å². The van der Waals surface area contributed by atoms with Gasteiger partial charge in [0, 0.05) is 24.0 Å². The number of hydrogen-bond acceptors (Lipinski definition) is 3. The number of rotatable bonds is 3. The van der Waals surface area contributed by atoms with Gasteiger partial charge < -0.3 is 10.4 Å². The molecule has 0 radical (unpaired) electrons. The van der Waals surface area contributed by atoms with Crippen LogP contribution in [0.5, 0.6) is 0 Å². The molecule has 1 aromatic heterocycles. The maximum absolute atomic E-state index is 9.92. The van der Waals surface area contributed by atoms with Gasteiger partial charge in [-0.25, -0.2) is 0 Å². The van der Waals surface area contributed by atoms with Crippen LogP contribution in [-0.2, 0) is 0 Å². The quantitative estimate of drug-likeness (QED) is 0.851. The molecule has 0 aliphatic carbocycles. The molecule has 0 unspecified atom stereocenters. The fraction of sp³-hybridized carbons (Fsp3) is 0.583. The Morgan fingerprint density at radius 1 is 1.44 bits per heavy atom. The van der Waals surface area contributed by atoms with Crippen molar-refractivity contribution in [3.05, 3.63) is 29.6 Å². The van der Waals surface area contributed by atoms with Gasteiger partial charge in [-0.3, -0.25) is 4.98 Å². The van der Waals surface area contributed by atoms with E-state index in [1.165, 1.54) is 0 Å². The van der Waals surface area contributed by atoms with Gasteiger partial charge in [0.25, 0.3) is 0 Å². The van der Waals surface area contributed by atoms with Gasteiger partial charge in [-0.1, -0.05) is 0 Å². The number of aromatic nitrogens is 1. The predicted molar refractivity (Wildman–Crippen MR) is 72.1 cm³/mol. The zero-order chi connectivity index (χ0) is 11.5. The first-order valence-electron chi connectivity index (χ1n) is 5.24. The van der Waals surface area contributed by atoms with Crippen molar-refractivity contribution < 1.29 is 5.11 Å². The minimum atomic E-state index is -0.467. The van der Waals surface area contributed by atoms with Crippen LogP contribution < -0.4 is 5.32 Å². The molecule has 0 saturated carbocycles. The summed E-state index contributed by atoms with van der Waals surface area (Å²) >= 11 is 0. The Morgan fingerprint density at radius 3 is 2.56 bits per heavy atom. The van der Waals surface area contributed by atoms with E-state index in [2.05, 4.69) is 31.1 Å². The lowest BCUT2D eigenvalue weighted by Gasteiger charge is -2.23. The molecule has 0 spiro atoms. The van der Waals surface area contributed by atoms with E-state index in [1.807, 2.05) is 19.1 Å². The van der Waals surface area contributed by atoms with E-state index in [-0.39, 0.29) is 19.0 Å². The summed E-state index contributed by atoms with van der Waals surface area (Å²) in [6.07, 6.45) is 1.26. The van der Waals surface area contributed by atoms with Crippen molar-refractivity contribution in [2.75, 3.05) is 6.54 Å². The summed E-state index contributed by atoms with van der Waals surface area (Å²) in [6.45, 7) is 8.73. The van der Waals surface area contributed by atoms with Crippen LogP contribution in [0.2, 0.25) is 0 Å². The van der Waals surface area contributed by atoms with Gasteiger partial charge >= 0.3 is 0 Å². The lowest BCUT2D eigenvalue weighted by molar-refractivity contribution is 0.163. The summed E-state index contributed by atoms with van der Waals surface area (Å²) in [7, 11) is 0. The summed E-state index contributed by atoms with van der Waals surface area (Å²) in [5, 5.41) is 13.2. The summed E-state index contributed by atoms with van der Waals surface area (Å²) < 4.78 is 0. The topological polar surface area (TPSA) is 45.1 Å². The minimum absolute atomic E-state index is 0. The van der Waals surface area contributed by atoms with Crippen molar-refractivity contribution in [3.8, 4) is 0 Å². The molecule has 3 nitrogen and oxygen atoms in total. The average Bonchev–Trinajstić information content (AvgIpc) is 2.13. The molecule has 0 amide bonds. The maximum atomic E-state index is 9.92. The maximum Gasteiger partial charge on any atom is 0.0915 e. The van der Waals surface area contributed by atoms with E-state index >= 15 is 0 Å². The Labute approximate surface area is 105 Å². The third-order valence-corrected chi connectivity index (χ3v) is 2.13. The van der Waals surface area contributed by atoms with E-state index < -0.39 is 6.10 Å². The van der Waals surface area contributed by atoms with Crippen LogP contribution in [0, 0.1) is 6.92 Å². The summed E-state index contributed by atoms with van der Waals surface area (Å²) in [6, 6.07) is 3.76. The SMILES string of the molecule is Cc1cc([C@H](O)CNC(C)(C)C)ccn1.S. The highest BCUT2D eigenvalue weighted by Crippen LogP contribution is 2.13. The third kappa shape index (κ3) is 5.49. The molecule has 4 heteroatoms. The lowest BCUT2D eigenvalue weighted by atomic mass is 10.1. The zero-order valence-corrected chi connectivity index (χ0v) is 11.4. The molecule has 1 rings (SSSR count). The third-order valence-electron chi connectivity index (χ3n) is 2.13. The second kappa shape index (κ2) is 6.23. The number of nitrogens with one attached hydrogen (secondary N) is 1. The molecule has 0 aromatic carbocycles. The fourth-order valence-corrected chi connectivity index (χ4v) is 1.30. The largest absolute Gasteiger partial charge is 0.387 e. The van der Waals surface area contributed by atoms with Crippen molar-refractivity contribution >= 4 is 13.5 Å². The Balaban J connectivity index is 0.00000225. The van der Waals surface area contributed by atoms with Gasteiger partial charge in [-0.15, -0.1) is 0 Å². The molecule has 16 heavy (non-hydrogen) atoms. The molecular weight excluding hydrogens is 220 g/mol. The van der Waals surface area contributed by atoms with Crippen LogP contribution in [0.25, 0.3) is 0 Å². The molecule has 0 aliphatic heterocycles. The Morgan fingerprint density at radius 2 is 2.06 bits per heavy atom. The molecule has 0 fully saturated rings. The first-order chi connectivity index (χ1) is 6.88. The molecule has 1 atom stereocenters. The summed E-state index contributed by atoms with van der Waals surface area (Å²) in [4.78, 5) is 4.10. The van der Waals surface area contributed by atoms with Crippen LogP contribution in [0.1, 0.15) is 38.1 Å². The van der Waals surface area contributed by atoms with Crippen molar-refractivity contribution in [1.29, 1.82) is 0 Å². The lowest BCUT2D eigenvalue weighted by Crippen LogP contribution is -2.38. The zero-order valence-electron chi connectivity index (χ0n) is 10.4. The van der Waals surface area contributed by atoms with Crippen LogP contribution in [0.3, 0.4) is 0 Å². The Bertz CT molecular complexity index is 323. The van der Waals surface area contributed by atoms with Crippen molar-refractivity contribution in [1.82, 2.24) is 10.3 Å². The number of aliphatic hydroxyl groups excluding tert-OH is 1. The number of aryl methyl sites for hydroxylation is 1. The van der Waals surface area contributed by atoms with Gasteiger partial charge in [-0.2, -0.15) is 13.5 Å². The fourth-order valence-electron chi connectivity index (χ4n) is 1.30. The Hall–Kier alpha value is -0.580. The van der Waals surface area contributed by atoms with Gasteiger partial charge in [0.15, 0.2) is 0 Å². The average molecular weight is 242 g/mol. The van der Waals surface area contributed by atoms with E-state index in [0.717, 1.165) is 11.3 Å². The van der Waals surface area contributed by atoms with E-state index in [4.69, 9.17) is 0 Å². The summed E-state index contributed by atoms with van der Waals surface area (Å²) in [5.41, 5.74) is 1.88. The molecule has 0 saturated heterocycles.